The number of rotatable bonds is 2. The molecular weight excluding hydrogens is 248 g/mol. The van der Waals surface area contributed by atoms with Crippen LogP contribution in [0.3, 0.4) is 0 Å². The highest BCUT2D eigenvalue weighted by molar-refractivity contribution is 5.14. The molecule has 0 aliphatic carbocycles. The molecule has 0 saturated carbocycles. The van der Waals surface area contributed by atoms with Crippen molar-refractivity contribution in [2.24, 2.45) is 0 Å². The highest BCUT2D eigenvalue weighted by atomic mass is 16.5. The Morgan fingerprint density at radius 1 is 1.05 bits per heavy atom. The number of hydrogen-bond donors (Lipinski definition) is 0. The highest BCUT2D eigenvalue weighted by Gasteiger charge is 2.39. The van der Waals surface area contributed by atoms with Crippen molar-refractivity contribution in [1.82, 2.24) is 4.90 Å². The van der Waals surface area contributed by atoms with Crippen molar-refractivity contribution in [3.63, 3.8) is 0 Å². The molecule has 2 aliphatic heterocycles. The topological polar surface area (TPSA) is 12.5 Å². The summed E-state index contributed by atoms with van der Waals surface area (Å²) in [4.78, 5) is 2.60. The Hall–Kier alpha value is -0.900. The molecule has 3 heteroatoms. The van der Waals surface area contributed by atoms with E-state index in [0.717, 1.165) is 6.54 Å². The Kier molecular flexibility index (Phi) is 4.11. The number of piperazine rings is 1. The molecule has 110 valence electrons. The zero-order valence-corrected chi connectivity index (χ0v) is 12.8. The van der Waals surface area contributed by atoms with Crippen LogP contribution in [0.4, 0.5) is 0 Å². The molecule has 1 aromatic rings. The average Bonchev–Trinajstić information content (AvgIpc) is 2.42. The van der Waals surface area contributed by atoms with Gasteiger partial charge >= 0.3 is 0 Å². The van der Waals surface area contributed by atoms with Gasteiger partial charge in [-0.05, 0) is 19.4 Å². The molecule has 2 unspecified atom stereocenters. The molecule has 0 radical (unpaired) electrons. The van der Waals surface area contributed by atoms with Gasteiger partial charge < -0.3 is 9.22 Å². The monoisotopic (exact) mass is 275 g/mol. The summed E-state index contributed by atoms with van der Waals surface area (Å²) < 4.78 is 7.18. The van der Waals surface area contributed by atoms with E-state index >= 15 is 0 Å². The number of morpholine rings is 1. The van der Waals surface area contributed by atoms with E-state index in [1.165, 1.54) is 49.3 Å². The van der Waals surface area contributed by atoms with E-state index in [1.54, 1.807) is 0 Å². The maximum absolute atomic E-state index is 5.91. The predicted molar refractivity (Wildman–Crippen MR) is 81.5 cm³/mol. The van der Waals surface area contributed by atoms with E-state index in [1.807, 2.05) is 0 Å². The third-order valence-electron chi connectivity index (χ3n) is 4.78. The summed E-state index contributed by atoms with van der Waals surface area (Å²) in [6.07, 6.45) is 0.832. The van der Waals surface area contributed by atoms with Crippen LogP contribution in [0.1, 0.15) is 19.4 Å². The molecule has 2 saturated heterocycles. The Labute approximate surface area is 122 Å². The van der Waals surface area contributed by atoms with Gasteiger partial charge in [-0.25, -0.2) is 0 Å². The molecule has 2 atom stereocenters. The van der Waals surface area contributed by atoms with Crippen molar-refractivity contribution >= 4 is 0 Å². The van der Waals surface area contributed by atoms with E-state index in [9.17, 15) is 0 Å². The quantitative estimate of drug-likeness (QED) is 0.767. The summed E-state index contributed by atoms with van der Waals surface area (Å²) in [5, 5.41) is 0. The van der Waals surface area contributed by atoms with Crippen molar-refractivity contribution in [2.75, 3.05) is 39.3 Å². The minimum absolute atomic E-state index is 0.416. The minimum Gasteiger partial charge on any atom is -0.364 e. The van der Waals surface area contributed by atoms with Crippen LogP contribution in [0.5, 0.6) is 0 Å². The predicted octanol–water partition coefficient (Wildman–Crippen LogP) is 2.13. The van der Waals surface area contributed by atoms with Crippen LogP contribution in [0.2, 0.25) is 0 Å². The fourth-order valence-electron chi connectivity index (χ4n) is 3.94. The first-order chi connectivity index (χ1) is 9.65. The van der Waals surface area contributed by atoms with Gasteiger partial charge in [-0.2, -0.15) is 0 Å². The van der Waals surface area contributed by atoms with Crippen LogP contribution < -0.4 is 0 Å². The van der Waals surface area contributed by atoms with Crippen molar-refractivity contribution in [2.45, 2.75) is 32.6 Å². The Bertz CT molecular complexity index is 414. The highest BCUT2D eigenvalue weighted by Crippen LogP contribution is 2.23. The summed E-state index contributed by atoms with van der Waals surface area (Å²) in [5.41, 5.74) is 1.43. The average molecular weight is 275 g/mol. The summed E-state index contributed by atoms with van der Waals surface area (Å²) in [6.45, 7) is 13.0. The summed E-state index contributed by atoms with van der Waals surface area (Å²) in [7, 11) is 0. The van der Waals surface area contributed by atoms with Crippen molar-refractivity contribution in [3.05, 3.63) is 35.9 Å². The third kappa shape index (κ3) is 3.22. The lowest BCUT2D eigenvalue weighted by molar-refractivity contribution is -0.945. The molecule has 3 nitrogen and oxygen atoms in total. The van der Waals surface area contributed by atoms with Gasteiger partial charge in [0, 0.05) is 19.6 Å². The van der Waals surface area contributed by atoms with Gasteiger partial charge in [0.05, 0.1) is 13.1 Å². The maximum Gasteiger partial charge on any atom is 0.105 e. The van der Waals surface area contributed by atoms with Gasteiger partial charge in [0.1, 0.15) is 25.3 Å². The molecule has 2 heterocycles. The van der Waals surface area contributed by atoms with Crippen LogP contribution in [0, 0.1) is 0 Å². The van der Waals surface area contributed by atoms with Crippen LogP contribution in [-0.4, -0.2) is 60.9 Å². The van der Waals surface area contributed by atoms with Crippen LogP contribution in [-0.2, 0) is 11.3 Å². The summed E-state index contributed by atoms with van der Waals surface area (Å²) in [5.74, 6) is 0. The molecule has 1 spiro atoms. The molecule has 0 amide bonds. The molecule has 2 aliphatic rings. The van der Waals surface area contributed by atoms with E-state index in [4.69, 9.17) is 4.74 Å². The van der Waals surface area contributed by atoms with E-state index < -0.39 is 0 Å². The molecular formula is C17H27N2O+. The second kappa shape index (κ2) is 5.84. The molecule has 3 rings (SSSR count). The first-order valence-electron chi connectivity index (χ1n) is 7.92. The molecule has 1 aromatic carbocycles. The Morgan fingerprint density at radius 3 is 2.25 bits per heavy atom. The standard InChI is InChI=1S/C17H27N2O/c1-15-13-19(14-16(2)20-15)10-8-18(9-11-19)12-17-6-4-3-5-7-17/h3-7,15-16H,8-14H2,1-2H3/q+1. The van der Waals surface area contributed by atoms with Crippen molar-refractivity contribution in [1.29, 1.82) is 0 Å². The van der Waals surface area contributed by atoms with Crippen LogP contribution >= 0.6 is 0 Å². The Morgan fingerprint density at radius 2 is 1.65 bits per heavy atom. The normalized spacial score (nSPS) is 30.5. The molecule has 0 aromatic heterocycles. The Balaban J connectivity index is 1.56. The largest absolute Gasteiger partial charge is 0.364 e. The SMILES string of the molecule is CC1C[N+]2(CCN(Cc3ccccc3)CC2)CC(C)O1. The second-order valence-electron chi connectivity index (χ2n) is 6.67. The fraction of sp³-hybridized carbons (Fsp3) is 0.647. The van der Waals surface area contributed by atoms with E-state index in [0.29, 0.717) is 12.2 Å². The van der Waals surface area contributed by atoms with Gasteiger partial charge in [0.25, 0.3) is 0 Å². The summed E-state index contributed by atoms with van der Waals surface area (Å²) in [6, 6.07) is 10.8. The van der Waals surface area contributed by atoms with Gasteiger partial charge in [0.15, 0.2) is 0 Å². The lowest BCUT2D eigenvalue weighted by Crippen LogP contribution is -2.66. The number of quaternary nitrogens is 1. The van der Waals surface area contributed by atoms with Crippen molar-refractivity contribution < 1.29 is 9.22 Å². The zero-order chi connectivity index (χ0) is 14.0. The van der Waals surface area contributed by atoms with E-state index in [-0.39, 0.29) is 0 Å². The first kappa shape index (κ1) is 14.1. The third-order valence-corrected chi connectivity index (χ3v) is 4.78. The van der Waals surface area contributed by atoms with Gasteiger partial charge in [-0.3, -0.25) is 4.90 Å². The minimum atomic E-state index is 0.416. The van der Waals surface area contributed by atoms with Gasteiger partial charge in [0.2, 0.25) is 0 Å². The van der Waals surface area contributed by atoms with Crippen LogP contribution in [0.15, 0.2) is 30.3 Å². The molecule has 20 heavy (non-hydrogen) atoms. The molecule has 0 bridgehead atoms. The smallest absolute Gasteiger partial charge is 0.105 e. The number of hydrogen-bond acceptors (Lipinski definition) is 2. The zero-order valence-electron chi connectivity index (χ0n) is 12.8. The van der Waals surface area contributed by atoms with Gasteiger partial charge in [-0.1, -0.05) is 30.3 Å². The second-order valence-corrected chi connectivity index (χ2v) is 6.67. The number of benzene rings is 1. The van der Waals surface area contributed by atoms with Gasteiger partial charge in [-0.15, -0.1) is 0 Å². The number of nitrogens with zero attached hydrogens (tertiary/aromatic N) is 2. The van der Waals surface area contributed by atoms with Crippen molar-refractivity contribution in [3.8, 4) is 0 Å². The fourth-order valence-corrected chi connectivity index (χ4v) is 3.94. The van der Waals surface area contributed by atoms with Crippen LogP contribution in [0.25, 0.3) is 0 Å². The number of ether oxygens (including phenoxy) is 1. The maximum atomic E-state index is 5.91. The van der Waals surface area contributed by atoms with E-state index in [2.05, 4.69) is 49.1 Å². The summed E-state index contributed by atoms with van der Waals surface area (Å²) >= 11 is 0. The lowest BCUT2D eigenvalue weighted by atomic mass is 10.1. The molecule has 2 fully saturated rings. The first-order valence-corrected chi connectivity index (χ1v) is 7.92. The molecule has 0 N–H and O–H groups in total. The lowest BCUT2D eigenvalue weighted by Gasteiger charge is -2.50.